The first-order valence-electron chi connectivity index (χ1n) is 9.75. The Balaban J connectivity index is 0.00000193. The summed E-state index contributed by atoms with van der Waals surface area (Å²) in [5, 5.41) is 3.39. The Labute approximate surface area is 189 Å². The molecule has 2 aromatic heterocycles. The van der Waals surface area contributed by atoms with Crippen LogP contribution in [-0.2, 0) is 40.7 Å². The van der Waals surface area contributed by atoms with Crippen LogP contribution in [0.5, 0.6) is 11.5 Å². The first-order chi connectivity index (χ1) is 14.1. The Hall–Kier alpha value is -2.85. The van der Waals surface area contributed by atoms with Gasteiger partial charge in [0.25, 0.3) is 0 Å². The van der Waals surface area contributed by atoms with Crippen LogP contribution in [0.25, 0.3) is 22.8 Å². The average molecular weight is 577 g/mol. The van der Waals surface area contributed by atoms with E-state index >= 15 is 0 Å². The molecule has 0 bridgehead atoms. The van der Waals surface area contributed by atoms with E-state index in [2.05, 4.69) is 48.8 Å². The second kappa shape index (κ2) is 7.13. The Morgan fingerprint density at radius 1 is 0.900 bits per heavy atom. The van der Waals surface area contributed by atoms with Crippen LogP contribution < -0.4 is 10.1 Å². The van der Waals surface area contributed by atoms with Crippen molar-refractivity contribution in [3.05, 3.63) is 65.7 Å². The summed E-state index contributed by atoms with van der Waals surface area (Å²) < 4.78 is 10.4. The van der Waals surface area contributed by atoms with Gasteiger partial charge in [0, 0.05) is 41.8 Å². The van der Waals surface area contributed by atoms with Gasteiger partial charge in [0.05, 0.1) is 18.3 Å². The van der Waals surface area contributed by atoms with Gasteiger partial charge in [-0.3, -0.25) is 9.97 Å². The zero-order valence-electron chi connectivity index (χ0n) is 16.6. The van der Waals surface area contributed by atoms with Crippen molar-refractivity contribution >= 4 is 5.69 Å². The predicted octanol–water partition coefficient (Wildman–Crippen LogP) is 4.36. The summed E-state index contributed by atoms with van der Waals surface area (Å²) >= 11 is 0. The van der Waals surface area contributed by atoms with Crippen LogP contribution in [0.4, 0.5) is 5.69 Å². The van der Waals surface area contributed by atoms with E-state index in [0.717, 1.165) is 52.8 Å². The molecule has 0 fully saturated rings. The molecule has 0 spiro atoms. The molecule has 0 aliphatic carbocycles. The zero-order chi connectivity index (χ0) is 19.5. The average Bonchev–Trinajstić information content (AvgIpc) is 3.29. The molecule has 1 N–H and O–H groups in total. The number of nitrogens with one attached hydrogen (secondary N) is 1. The standard InChI is InChI=1S/C23H19N5O.Pt/c1-14-11-27-8-7-16-3-4-17(9-19(16)22(27)25-14)29-18-5-6-21-20(10-18)23-26-15(2)12-28(23)13-24-21;/h3-6,11-12,24H,7-8,13H2,1-2H3;/q-2;+2. The molecule has 6 rings (SSSR count). The Morgan fingerprint density at radius 2 is 1.57 bits per heavy atom. The van der Waals surface area contributed by atoms with Crippen molar-refractivity contribution in [2.24, 2.45) is 0 Å². The molecule has 0 atom stereocenters. The van der Waals surface area contributed by atoms with Gasteiger partial charge in [-0.1, -0.05) is 23.8 Å². The number of fused-ring (bicyclic) bond motifs is 6. The Bertz CT molecular complexity index is 1180. The summed E-state index contributed by atoms with van der Waals surface area (Å²) in [4.78, 5) is 9.32. The number of aryl methyl sites for hydroxylation is 4. The van der Waals surface area contributed by atoms with Crippen LogP contribution >= 0.6 is 0 Å². The van der Waals surface area contributed by atoms with Gasteiger partial charge in [0.2, 0.25) is 0 Å². The molecule has 0 saturated heterocycles. The first kappa shape index (κ1) is 19.1. The van der Waals surface area contributed by atoms with Gasteiger partial charge in [-0.05, 0) is 26.0 Å². The van der Waals surface area contributed by atoms with Gasteiger partial charge in [0.15, 0.2) is 0 Å². The number of hydrogen-bond donors (Lipinski definition) is 1. The zero-order valence-corrected chi connectivity index (χ0v) is 18.9. The third-order valence-electron chi connectivity index (χ3n) is 5.45. The van der Waals surface area contributed by atoms with Crippen LogP contribution in [0, 0.1) is 26.0 Å². The van der Waals surface area contributed by atoms with Crippen molar-refractivity contribution in [3.8, 4) is 34.3 Å². The van der Waals surface area contributed by atoms with E-state index in [0.29, 0.717) is 18.2 Å². The molecule has 7 heteroatoms. The van der Waals surface area contributed by atoms with E-state index in [1.165, 1.54) is 5.56 Å². The van der Waals surface area contributed by atoms with Crippen LogP contribution in [0.2, 0.25) is 0 Å². The van der Waals surface area contributed by atoms with Crippen molar-refractivity contribution in [1.29, 1.82) is 0 Å². The maximum absolute atomic E-state index is 6.14. The van der Waals surface area contributed by atoms with Crippen molar-refractivity contribution in [1.82, 2.24) is 19.1 Å². The van der Waals surface area contributed by atoms with E-state index in [4.69, 9.17) is 4.74 Å². The maximum Gasteiger partial charge on any atom is 2.00 e. The SMILES string of the molecule is Cc1cn2c(n1)-c1[c-]c(Oc3[c-]c4c(cc3)NCn3cc(C)nc3-4)ccc1CC2.[Pt+2]. The summed E-state index contributed by atoms with van der Waals surface area (Å²) in [7, 11) is 0. The van der Waals surface area contributed by atoms with Crippen molar-refractivity contribution in [2.75, 3.05) is 5.32 Å². The van der Waals surface area contributed by atoms with Crippen molar-refractivity contribution < 1.29 is 25.8 Å². The number of imidazole rings is 2. The molecule has 4 aromatic rings. The summed E-state index contributed by atoms with van der Waals surface area (Å²) in [6.45, 7) is 5.68. The Morgan fingerprint density at radius 3 is 2.37 bits per heavy atom. The molecular weight excluding hydrogens is 557 g/mol. The van der Waals surface area contributed by atoms with Crippen molar-refractivity contribution in [3.63, 3.8) is 0 Å². The number of aromatic nitrogens is 4. The van der Waals surface area contributed by atoms with Crippen LogP contribution in [0.3, 0.4) is 0 Å². The molecule has 2 aromatic carbocycles. The van der Waals surface area contributed by atoms with Gasteiger partial charge in [-0.25, -0.2) is 0 Å². The fourth-order valence-corrected chi connectivity index (χ4v) is 4.14. The molecule has 0 amide bonds. The molecule has 0 radical (unpaired) electrons. The van der Waals surface area contributed by atoms with Gasteiger partial charge in [0.1, 0.15) is 0 Å². The second-order valence-corrected chi connectivity index (χ2v) is 7.60. The third kappa shape index (κ3) is 3.07. The summed E-state index contributed by atoms with van der Waals surface area (Å²) in [6, 6.07) is 14.8. The van der Waals surface area contributed by atoms with Gasteiger partial charge in [-0.2, -0.15) is 0 Å². The van der Waals surface area contributed by atoms with Crippen LogP contribution in [0.1, 0.15) is 17.0 Å². The van der Waals surface area contributed by atoms with Gasteiger partial charge < -0.3 is 19.2 Å². The first-order valence-corrected chi connectivity index (χ1v) is 9.75. The smallest absolute Gasteiger partial charge is 0.497 e. The number of nitrogens with zero attached hydrogens (tertiary/aromatic N) is 4. The van der Waals surface area contributed by atoms with Crippen molar-refractivity contribution in [2.45, 2.75) is 33.5 Å². The minimum Gasteiger partial charge on any atom is -0.497 e. The number of rotatable bonds is 2. The minimum atomic E-state index is 0. The maximum atomic E-state index is 6.14. The number of benzene rings is 2. The molecule has 0 saturated carbocycles. The van der Waals surface area contributed by atoms with Crippen LogP contribution in [0.15, 0.2) is 36.7 Å². The Kier molecular flexibility index (Phi) is 4.55. The number of ether oxygens (including phenoxy) is 1. The molecule has 6 nitrogen and oxygen atoms in total. The van der Waals surface area contributed by atoms with Crippen LogP contribution in [-0.4, -0.2) is 19.1 Å². The van der Waals surface area contributed by atoms with E-state index in [-0.39, 0.29) is 21.1 Å². The van der Waals surface area contributed by atoms with Gasteiger partial charge >= 0.3 is 21.1 Å². The van der Waals surface area contributed by atoms with Gasteiger partial charge in [-0.15, -0.1) is 29.3 Å². The molecule has 30 heavy (non-hydrogen) atoms. The fraction of sp³-hybridized carbons (Fsp3) is 0.217. The number of hydrogen-bond acceptors (Lipinski definition) is 4. The summed E-state index contributed by atoms with van der Waals surface area (Å²) in [6.07, 6.45) is 5.11. The molecule has 152 valence electrons. The molecule has 0 unspecified atom stereocenters. The summed E-state index contributed by atoms with van der Waals surface area (Å²) in [5.74, 6) is 3.18. The van der Waals surface area contributed by atoms with E-state index in [1.807, 2.05) is 38.2 Å². The van der Waals surface area contributed by atoms with E-state index in [9.17, 15) is 0 Å². The third-order valence-corrected chi connectivity index (χ3v) is 5.45. The number of anilines is 1. The monoisotopic (exact) mass is 576 g/mol. The normalized spacial score (nSPS) is 13.3. The predicted molar refractivity (Wildman–Crippen MR) is 110 cm³/mol. The topological polar surface area (TPSA) is 56.9 Å². The van der Waals surface area contributed by atoms with E-state index in [1.54, 1.807) is 0 Å². The largest absolute Gasteiger partial charge is 2.00 e. The molecule has 4 heterocycles. The molecular formula is C23H19N5OPt. The fourth-order valence-electron chi connectivity index (χ4n) is 4.14. The quantitative estimate of drug-likeness (QED) is 0.361. The second-order valence-electron chi connectivity index (χ2n) is 7.60. The van der Waals surface area contributed by atoms with E-state index < -0.39 is 0 Å². The minimum absolute atomic E-state index is 0. The molecule has 2 aliphatic rings. The molecule has 2 aliphatic heterocycles. The summed E-state index contributed by atoms with van der Waals surface area (Å²) in [5.41, 5.74) is 6.23.